The topological polar surface area (TPSA) is 72.7 Å². The van der Waals surface area contributed by atoms with Gasteiger partial charge in [-0.15, -0.1) is 0 Å². The standard InChI is InChI=1S/C19H18N2O4/c22-19(10-3-15-1-6-18(7-2-15)21(23)24)16-4-8-17(9-5-16)20-11-13-25-14-12-20/h1-10H,11-14H2. The Morgan fingerprint density at radius 2 is 1.68 bits per heavy atom. The molecule has 6 heteroatoms. The maximum Gasteiger partial charge on any atom is 0.269 e. The van der Waals surface area contributed by atoms with E-state index in [1.807, 2.05) is 24.3 Å². The lowest BCUT2D eigenvalue weighted by molar-refractivity contribution is -0.384. The van der Waals surface area contributed by atoms with Crippen LogP contribution in [0, 0.1) is 10.1 Å². The van der Waals surface area contributed by atoms with Gasteiger partial charge in [-0.25, -0.2) is 0 Å². The molecule has 1 saturated heterocycles. The zero-order valence-corrected chi connectivity index (χ0v) is 13.6. The van der Waals surface area contributed by atoms with Crippen LogP contribution in [-0.4, -0.2) is 37.0 Å². The van der Waals surface area contributed by atoms with E-state index in [0.29, 0.717) is 5.56 Å². The Labute approximate surface area is 145 Å². The second-order valence-electron chi connectivity index (χ2n) is 5.69. The molecule has 2 aromatic rings. The molecule has 3 rings (SSSR count). The van der Waals surface area contributed by atoms with Crippen LogP contribution in [0.3, 0.4) is 0 Å². The highest BCUT2D eigenvalue weighted by molar-refractivity contribution is 6.07. The molecule has 0 atom stereocenters. The first-order chi connectivity index (χ1) is 12.1. The molecule has 1 aliphatic rings. The molecule has 6 nitrogen and oxygen atoms in total. The average Bonchev–Trinajstić information content (AvgIpc) is 2.67. The monoisotopic (exact) mass is 338 g/mol. The summed E-state index contributed by atoms with van der Waals surface area (Å²) < 4.78 is 5.34. The first kappa shape index (κ1) is 16.9. The van der Waals surface area contributed by atoms with Gasteiger partial charge in [-0.2, -0.15) is 0 Å². The first-order valence-electron chi connectivity index (χ1n) is 8.03. The number of ether oxygens (including phenoxy) is 1. The molecule has 0 unspecified atom stereocenters. The predicted octanol–water partition coefficient (Wildman–Crippen LogP) is 3.33. The van der Waals surface area contributed by atoms with Crippen molar-refractivity contribution in [2.45, 2.75) is 0 Å². The van der Waals surface area contributed by atoms with Crippen LogP contribution in [0.5, 0.6) is 0 Å². The Bertz CT molecular complexity index is 776. The maximum atomic E-state index is 12.3. The number of hydrogen-bond donors (Lipinski definition) is 0. The number of nitro groups is 1. The van der Waals surface area contributed by atoms with Gasteiger partial charge in [0.1, 0.15) is 0 Å². The molecule has 1 fully saturated rings. The van der Waals surface area contributed by atoms with Gasteiger partial charge in [0.2, 0.25) is 0 Å². The molecule has 1 aliphatic heterocycles. The summed E-state index contributed by atoms with van der Waals surface area (Å²) in [6, 6.07) is 13.6. The molecule has 2 aromatic carbocycles. The lowest BCUT2D eigenvalue weighted by atomic mass is 10.1. The van der Waals surface area contributed by atoms with Crippen molar-refractivity contribution in [2.75, 3.05) is 31.2 Å². The number of nitro benzene ring substituents is 1. The summed E-state index contributed by atoms with van der Waals surface area (Å²) in [5.74, 6) is -0.105. The number of carbonyl (C=O) groups excluding carboxylic acids is 1. The molecule has 0 aromatic heterocycles. The van der Waals surface area contributed by atoms with Crippen molar-refractivity contribution in [2.24, 2.45) is 0 Å². The number of allylic oxidation sites excluding steroid dienone is 1. The maximum absolute atomic E-state index is 12.3. The third-order valence-corrected chi connectivity index (χ3v) is 4.06. The lowest BCUT2D eigenvalue weighted by Gasteiger charge is -2.28. The van der Waals surface area contributed by atoms with E-state index in [4.69, 9.17) is 4.74 Å². The van der Waals surface area contributed by atoms with Gasteiger partial charge in [0.25, 0.3) is 5.69 Å². The summed E-state index contributed by atoms with van der Waals surface area (Å²) in [6.45, 7) is 3.15. The van der Waals surface area contributed by atoms with Crippen LogP contribution in [0.4, 0.5) is 11.4 Å². The molecule has 1 heterocycles. The molecule has 0 amide bonds. The van der Waals surface area contributed by atoms with Crippen molar-refractivity contribution >= 4 is 23.2 Å². The zero-order valence-electron chi connectivity index (χ0n) is 13.6. The highest BCUT2D eigenvalue weighted by atomic mass is 16.6. The van der Waals surface area contributed by atoms with Crippen LogP contribution in [0.2, 0.25) is 0 Å². The van der Waals surface area contributed by atoms with Gasteiger partial charge in [0.15, 0.2) is 5.78 Å². The van der Waals surface area contributed by atoms with Gasteiger partial charge >= 0.3 is 0 Å². The van der Waals surface area contributed by atoms with Crippen molar-refractivity contribution in [1.82, 2.24) is 0 Å². The fraction of sp³-hybridized carbons (Fsp3) is 0.211. The van der Waals surface area contributed by atoms with Crippen LogP contribution in [0.25, 0.3) is 6.08 Å². The van der Waals surface area contributed by atoms with E-state index >= 15 is 0 Å². The number of carbonyl (C=O) groups is 1. The Balaban J connectivity index is 1.65. The number of morpholine rings is 1. The molecule has 0 aliphatic carbocycles. The summed E-state index contributed by atoms with van der Waals surface area (Å²) >= 11 is 0. The summed E-state index contributed by atoms with van der Waals surface area (Å²) in [5.41, 5.74) is 2.46. The average molecular weight is 338 g/mol. The molecular weight excluding hydrogens is 320 g/mol. The molecule has 0 radical (unpaired) electrons. The minimum absolute atomic E-state index is 0.0298. The Morgan fingerprint density at radius 1 is 1.04 bits per heavy atom. The van der Waals surface area contributed by atoms with Gasteiger partial charge in [-0.05, 0) is 48.0 Å². The SMILES string of the molecule is O=C(C=Cc1ccc([N+](=O)[O-])cc1)c1ccc(N2CCOCC2)cc1. The number of nitrogens with zero attached hydrogens (tertiary/aromatic N) is 2. The summed E-state index contributed by atoms with van der Waals surface area (Å²) in [7, 11) is 0. The third-order valence-electron chi connectivity index (χ3n) is 4.06. The van der Waals surface area contributed by atoms with E-state index < -0.39 is 4.92 Å². The third kappa shape index (κ3) is 4.30. The van der Waals surface area contributed by atoms with Crippen LogP contribution >= 0.6 is 0 Å². The normalized spacial score (nSPS) is 14.6. The zero-order chi connectivity index (χ0) is 17.6. The molecule has 25 heavy (non-hydrogen) atoms. The van der Waals surface area contributed by atoms with Crippen LogP contribution in [0.15, 0.2) is 54.6 Å². The highest BCUT2D eigenvalue weighted by Gasteiger charge is 2.11. The quantitative estimate of drug-likeness (QED) is 0.362. The fourth-order valence-corrected chi connectivity index (χ4v) is 2.63. The fourth-order valence-electron chi connectivity index (χ4n) is 2.63. The Kier molecular flexibility index (Phi) is 5.20. The second kappa shape index (κ2) is 7.72. The largest absolute Gasteiger partial charge is 0.378 e. The van der Waals surface area contributed by atoms with E-state index in [0.717, 1.165) is 37.6 Å². The number of non-ortho nitro benzene ring substituents is 1. The molecule has 0 saturated carbocycles. The van der Waals surface area contributed by atoms with E-state index in [1.54, 1.807) is 18.2 Å². The van der Waals surface area contributed by atoms with Crippen molar-refractivity contribution in [3.05, 3.63) is 75.8 Å². The number of ketones is 1. The van der Waals surface area contributed by atoms with Gasteiger partial charge in [0, 0.05) is 36.5 Å². The van der Waals surface area contributed by atoms with Crippen molar-refractivity contribution < 1.29 is 14.5 Å². The molecule has 128 valence electrons. The predicted molar refractivity (Wildman–Crippen MR) is 95.9 cm³/mol. The first-order valence-corrected chi connectivity index (χ1v) is 8.03. The van der Waals surface area contributed by atoms with E-state index in [2.05, 4.69) is 4.90 Å². The van der Waals surface area contributed by atoms with Crippen molar-refractivity contribution in [3.8, 4) is 0 Å². The summed E-state index contributed by atoms with van der Waals surface area (Å²) in [5, 5.41) is 10.6. The molecule has 0 spiro atoms. The Morgan fingerprint density at radius 3 is 2.28 bits per heavy atom. The van der Waals surface area contributed by atoms with Crippen molar-refractivity contribution in [1.29, 1.82) is 0 Å². The molecule has 0 bridgehead atoms. The second-order valence-corrected chi connectivity index (χ2v) is 5.69. The lowest BCUT2D eigenvalue weighted by Crippen LogP contribution is -2.36. The van der Waals surface area contributed by atoms with Gasteiger partial charge < -0.3 is 9.64 Å². The van der Waals surface area contributed by atoms with Crippen molar-refractivity contribution in [3.63, 3.8) is 0 Å². The highest BCUT2D eigenvalue weighted by Crippen LogP contribution is 2.18. The van der Waals surface area contributed by atoms with E-state index in [1.165, 1.54) is 18.2 Å². The van der Waals surface area contributed by atoms with Crippen LogP contribution in [-0.2, 0) is 4.74 Å². The summed E-state index contributed by atoms with van der Waals surface area (Å²) in [6.07, 6.45) is 3.13. The summed E-state index contributed by atoms with van der Waals surface area (Å²) in [4.78, 5) is 24.7. The molecular formula is C19H18N2O4. The van der Waals surface area contributed by atoms with Gasteiger partial charge in [-0.3, -0.25) is 14.9 Å². The van der Waals surface area contributed by atoms with E-state index in [-0.39, 0.29) is 11.5 Å². The molecule has 0 N–H and O–H groups in total. The van der Waals surface area contributed by atoms with Gasteiger partial charge in [0.05, 0.1) is 18.1 Å². The number of benzene rings is 2. The van der Waals surface area contributed by atoms with Gasteiger partial charge in [-0.1, -0.05) is 6.08 Å². The number of anilines is 1. The number of hydrogen-bond acceptors (Lipinski definition) is 5. The van der Waals surface area contributed by atoms with E-state index in [9.17, 15) is 14.9 Å². The minimum Gasteiger partial charge on any atom is -0.378 e. The number of rotatable bonds is 5. The van der Waals surface area contributed by atoms with Crippen LogP contribution in [0.1, 0.15) is 15.9 Å². The Hall–Kier alpha value is -2.99. The minimum atomic E-state index is -0.450. The smallest absolute Gasteiger partial charge is 0.269 e. The van der Waals surface area contributed by atoms with Crippen LogP contribution < -0.4 is 4.90 Å².